The van der Waals surface area contributed by atoms with Crippen LogP contribution in [-0.2, 0) is 4.74 Å². The maximum atomic E-state index is 5.52. The monoisotopic (exact) mass is 266 g/mol. The van der Waals surface area contributed by atoms with Gasteiger partial charge in [0.25, 0.3) is 0 Å². The highest BCUT2D eigenvalue weighted by Crippen LogP contribution is 2.04. The number of ether oxygens (including phenoxy) is 2. The molecular weight excluding hydrogens is 244 g/mol. The maximum absolute atomic E-state index is 5.52. The average molecular weight is 266 g/mol. The number of pyridine rings is 1. The standard InChI is InChI=1S/C13H22N4O2/c1-14-13(16-7-4-9-18-2)17-8-10-19-12-5-3-6-15-11-12/h3,5-6,11H,4,7-10H2,1-2H3,(H2,14,16,17). The van der Waals surface area contributed by atoms with Crippen molar-refractivity contribution in [3.8, 4) is 5.75 Å². The Bertz CT molecular complexity index is 357. The fraction of sp³-hybridized carbons (Fsp3) is 0.538. The second-order valence-corrected chi connectivity index (χ2v) is 3.81. The van der Waals surface area contributed by atoms with E-state index >= 15 is 0 Å². The van der Waals surface area contributed by atoms with Crippen molar-refractivity contribution >= 4 is 5.96 Å². The van der Waals surface area contributed by atoms with Crippen molar-refractivity contribution in [3.05, 3.63) is 24.5 Å². The number of hydrogen-bond donors (Lipinski definition) is 2. The molecule has 0 unspecified atom stereocenters. The van der Waals surface area contributed by atoms with Gasteiger partial charge in [0.1, 0.15) is 12.4 Å². The van der Waals surface area contributed by atoms with Gasteiger partial charge in [0.05, 0.1) is 12.7 Å². The molecule has 6 heteroatoms. The van der Waals surface area contributed by atoms with E-state index in [0.717, 1.165) is 31.3 Å². The van der Waals surface area contributed by atoms with Crippen LogP contribution in [0.15, 0.2) is 29.5 Å². The molecule has 1 aromatic heterocycles. The predicted octanol–water partition coefficient (Wildman–Crippen LogP) is 0.662. The number of guanidine groups is 1. The zero-order chi connectivity index (χ0) is 13.8. The van der Waals surface area contributed by atoms with Crippen LogP contribution in [-0.4, -0.2) is 51.4 Å². The molecule has 1 rings (SSSR count). The van der Waals surface area contributed by atoms with Crippen LogP contribution in [0.5, 0.6) is 5.75 Å². The lowest BCUT2D eigenvalue weighted by Crippen LogP contribution is -2.39. The second-order valence-electron chi connectivity index (χ2n) is 3.81. The summed E-state index contributed by atoms with van der Waals surface area (Å²) in [5, 5.41) is 6.36. The van der Waals surface area contributed by atoms with Gasteiger partial charge < -0.3 is 20.1 Å². The van der Waals surface area contributed by atoms with Gasteiger partial charge in [0.2, 0.25) is 0 Å². The van der Waals surface area contributed by atoms with Crippen molar-refractivity contribution in [2.75, 3.05) is 40.5 Å². The summed E-state index contributed by atoms with van der Waals surface area (Å²) in [7, 11) is 3.44. The molecule has 0 aliphatic rings. The van der Waals surface area contributed by atoms with Gasteiger partial charge in [-0.2, -0.15) is 0 Å². The van der Waals surface area contributed by atoms with E-state index in [1.165, 1.54) is 0 Å². The van der Waals surface area contributed by atoms with Crippen molar-refractivity contribution in [3.63, 3.8) is 0 Å². The first-order chi connectivity index (χ1) is 9.36. The number of aromatic nitrogens is 1. The highest BCUT2D eigenvalue weighted by molar-refractivity contribution is 5.79. The van der Waals surface area contributed by atoms with Crippen LogP contribution < -0.4 is 15.4 Å². The van der Waals surface area contributed by atoms with Gasteiger partial charge in [-0.3, -0.25) is 9.98 Å². The summed E-state index contributed by atoms with van der Waals surface area (Å²) in [5.41, 5.74) is 0. The van der Waals surface area contributed by atoms with Gasteiger partial charge in [0.15, 0.2) is 5.96 Å². The highest BCUT2D eigenvalue weighted by Gasteiger charge is 1.97. The fourth-order valence-electron chi connectivity index (χ4n) is 1.41. The third-order valence-corrected chi connectivity index (χ3v) is 2.34. The van der Waals surface area contributed by atoms with Crippen LogP contribution in [0.2, 0.25) is 0 Å². The molecule has 0 aliphatic heterocycles. The van der Waals surface area contributed by atoms with Crippen LogP contribution in [0.3, 0.4) is 0 Å². The molecule has 1 heterocycles. The van der Waals surface area contributed by atoms with Gasteiger partial charge in [0, 0.05) is 33.5 Å². The van der Waals surface area contributed by atoms with E-state index in [-0.39, 0.29) is 0 Å². The van der Waals surface area contributed by atoms with Crippen LogP contribution in [0, 0.1) is 0 Å². The van der Waals surface area contributed by atoms with Crippen LogP contribution in [0.25, 0.3) is 0 Å². The minimum atomic E-state index is 0.560. The Labute approximate surface area is 114 Å². The molecule has 0 amide bonds. The molecule has 0 aromatic carbocycles. The number of hydrogen-bond acceptors (Lipinski definition) is 4. The summed E-state index contributed by atoms with van der Waals surface area (Å²) >= 11 is 0. The van der Waals surface area contributed by atoms with Crippen LogP contribution in [0.4, 0.5) is 0 Å². The molecule has 0 saturated heterocycles. The third kappa shape index (κ3) is 7.25. The molecule has 0 spiro atoms. The molecule has 106 valence electrons. The molecule has 0 fully saturated rings. The summed E-state index contributed by atoms with van der Waals surface area (Å²) in [6.45, 7) is 2.81. The van der Waals surface area contributed by atoms with E-state index in [0.29, 0.717) is 13.2 Å². The molecule has 2 N–H and O–H groups in total. The van der Waals surface area contributed by atoms with E-state index in [1.807, 2.05) is 12.1 Å². The number of methoxy groups -OCH3 is 1. The van der Waals surface area contributed by atoms with Crippen molar-refractivity contribution in [1.82, 2.24) is 15.6 Å². The Balaban J connectivity index is 2.09. The number of nitrogens with one attached hydrogen (secondary N) is 2. The summed E-state index contributed by atoms with van der Waals surface area (Å²) in [6.07, 6.45) is 4.36. The van der Waals surface area contributed by atoms with Crippen molar-refractivity contribution in [2.45, 2.75) is 6.42 Å². The maximum Gasteiger partial charge on any atom is 0.191 e. The Morgan fingerprint density at radius 3 is 2.84 bits per heavy atom. The zero-order valence-electron chi connectivity index (χ0n) is 11.6. The normalized spacial score (nSPS) is 11.2. The summed E-state index contributed by atoms with van der Waals surface area (Å²) in [4.78, 5) is 8.10. The largest absolute Gasteiger partial charge is 0.490 e. The Hall–Kier alpha value is -1.82. The van der Waals surface area contributed by atoms with E-state index < -0.39 is 0 Å². The molecule has 0 saturated carbocycles. The van der Waals surface area contributed by atoms with Gasteiger partial charge in [-0.15, -0.1) is 0 Å². The number of aliphatic imine (C=N–C) groups is 1. The third-order valence-electron chi connectivity index (χ3n) is 2.34. The molecule has 0 bridgehead atoms. The van der Waals surface area contributed by atoms with Crippen molar-refractivity contribution in [1.29, 1.82) is 0 Å². The van der Waals surface area contributed by atoms with E-state index in [2.05, 4.69) is 20.6 Å². The molecule has 19 heavy (non-hydrogen) atoms. The quantitative estimate of drug-likeness (QED) is 0.411. The lowest BCUT2D eigenvalue weighted by Gasteiger charge is -2.12. The molecule has 0 atom stereocenters. The summed E-state index contributed by atoms with van der Waals surface area (Å²) in [6, 6.07) is 3.73. The van der Waals surface area contributed by atoms with Gasteiger partial charge in [-0.25, -0.2) is 0 Å². The number of rotatable bonds is 8. The Kier molecular flexibility index (Phi) is 8.13. The van der Waals surface area contributed by atoms with Crippen LogP contribution >= 0.6 is 0 Å². The molecule has 1 aromatic rings. The van der Waals surface area contributed by atoms with Gasteiger partial charge >= 0.3 is 0 Å². The zero-order valence-corrected chi connectivity index (χ0v) is 11.6. The lowest BCUT2D eigenvalue weighted by molar-refractivity contribution is 0.195. The first kappa shape index (κ1) is 15.2. The molecule has 0 radical (unpaired) electrons. The molecule has 6 nitrogen and oxygen atoms in total. The van der Waals surface area contributed by atoms with Crippen molar-refractivity contribution in [2.24, 2.45) is 4.99 Å². The molecular formula is C13H22N4O2. The van der Waals surface area contributed by atoms with Gasteiger partial charge in [-0.05, 0) is 18.6 Å². The topological polar surface area (TPSA) is 67.8 Å². The van der Waals surface area contributed by atoms with E-state index in [4.69, 9.17) is 9.47 Å². The minimum absolute atomic E-state index is 0.560. The summed E-state index contributed by atoms with van der Waals surface area (Å²) < 4.78 is 10.5. The highest BCUT2D eigenvalue weighted by atomic mass is 16.5. The SMILES string of the molecule is CN=C(NCCCOC)NCCOc1cccnc1. The number of nitrogens with zero attached hydrogens (tertiary/aromatic N) is 2. The van der Waals surface area contributed by atoms with Gasteiger partial charge in [-0.1, -0.05) is 0 Å². The Morgan fingerprint density at radius 2 is 2.16 bits per heavy atom. The fourth-order valence-corrected chi connectivity index (χ4v) is 1.41. The summed E-state index contributed by atoms with van der Waals surface area (Å²) in [5.74, 6) is 1.54. The Morgan fingerprint density at radius 1 is 1.32 bits per heavy atom. The molecule has 0 aliphatic carbocycles. The van der Waals surface area contributed by atoms with Crippen molar-refractivity contribution < 1.29 is 9.47 Å². The second kappa shape index (κ2) is 10.1. The first-order valence-corrected chi connectivity index (χ1v) is 6.33. The predicted molar refractivity (Wildman–Crippen MR) is 75.6 cm³/mol. The van der Waals surface area contributed by atoms with Crippen LogP contribution in [0.1, 0.15) is 6.42 Å². The lowest BCUT2D eigenvalue weighted by atomic mass is 10.4. The average Bonchev–Trinajstić information content (AvgIpc) is 2.46. The first-order valence-electron chi connectivity index (χ1n) is 6.33. The van der Waals surface area contributed by atoms with E-state index in [1.54, 1.807) is 26.6 Å². The van der Waals surface area contributed by atoms with E-state index in [9.17, 15) is 0 Å². The smallest absolute Gasteiger partial charge is 0.191 e. The minimum Gasteiger partial charge on any atom is -0.490 e.